The van der Waals surface area contributed by atoms with Crippen LogP contribution in [0.3, 0.4) is 0 Å². The number of H-pyrrole nitrogens is 1. The van der Waals surface area contributed by atoms with E-state index in [1.54, 1.807) is 6.07 Å². The fourth-order valence-electron chi connectivity index (χ4n) is 2.52. The number of anilines is 1. The standard InChI is InChI=1S/C14H19BrN4O2/c1-3-10(4-2)18(8-7-15)14-16-12-6-5-11(19(20)21)9-13(12)17-14/h5-6,9-10H,3-4,7-8H2,1-2H3,(H,16,17). The van der Waals surface area contributed by atoms with Gasteiger partial charge in [0.2, 0.25) is 5.95 Å². The van der Waals surface area contributed by atoms with Crippen LogP contribution in [0.25, 0.3) is 11.0 Å². The minimum Gasteiger partial charge on any atom is -0.339 e. The molecule has 114 valence electrons. The Bertz CT molecular complexity index is 624. The number of nitrogens with one attached hydrogen (secondary N) is 1. The molecule has 6 nitrogen and oxygen atoms in total. The zero-order valence-electron chi connectivity index (χ0n) is 12.2. The number of aromatic amines is 1. The van der Waals surface area contributed by atoms with Gasteiger partial charge in [0.05, 0.1) is 16.0 Å². The Kier molecular flexibility index (Phi) is 5.17. The first kappa shape index (κ1) is 15.8. The van der Waals surface area contributed by atoms with Gasteiger partial charge in [0, 0.05) is 30.0 Å². The second-order valence-corrected chi connectivity index (χ2v) is 5.66. The Hall–Kier alpha value is -1.63. The Morgan fingerprint density at radius 2 is 2.14 bits per heavy atom. The number of hydrogen-bond acceptors (Lipinski definition) is 4. The quantitative estimate of drug-likeness (QED) is 0.465. The molecule has 0 saturated carbocycles. The molecule has 1 aromatic heterocycles. The first-order chi connectivity index (χ1) is 10.1. The average Bonchev–Trinajstić information content (AvgIpc) is 2.90. The molecule has 0 saturated heterocycles. The van der Waals surface area contributed by atoms with Gasteiger partial charge in [0.15, 0.2) is 0 Å². The van der Waals surface area contributed by atoms with Gasteiger partial charge >= 0.3 is 0 Å². The molecule has 2 aromatic rings. The fraction of sp³-hybridized carbons (Fsp3) is 0.500. The molecule has 0 unspecified atom stereocenters. The molecule has 0 aliphatic rings. The Labute approximate surface area is 131 Å². The summed E-state index contributed by atoms with van der Waals surface area (Å²) in [6, 6.07) is 5.11. The van der Waals surface area contributed by atoms with E-state index in [0.717, 1.165) is 36.2 Å². The third-order valence-electron chi connectivity index (χ3n) is 3.64. The van der Waals surface area contributed by atoms with E-state index in [0.29, 0.717) is 11.6 Å². The summed E-state index contributed by atoms with van der Waals surface area (Å²) in [4.78, 5) is 20.5. The summed E-state index contributed by atoms with van der Waals surface area (Å²) < 4.78 is 0. The van der Waals surface area contributed by atoms with Crippen molar-refractivity contribution in [1.29, 1.82) is 0 Å². The van der Waals surface area contributed by atoms with Gasteiger partial charge < -0.3 is 9.88 Å². The van der Waals surface area contributed by atoms with Crippen LogP contribution < -0.4 is 4.90 Å². The minimum atomic E-state index is -0.392. The van der Waals surface area contributed by atoms with Crippen LogP contribution in [-0.2, 0) is 0 Å². The summed E-state index contributed by atoms with van der Waals surface area (Å²) in [5.74, 6) is 0.777. The van der Waals surface area contributed by atoms with Crippen LogP contribution in [0.15, 0.2) is 18.2 Å². The molecular formula is C14H19BrN4O2. The first-order valence-corrected chi connectivity index (χ1v) is 8.19. The lowest BCUT2D eigenvalue weighted by Gasteiger charge is -2.29. The number of imidazole rings is 1. The molecule has 0 aliphatic heterocycles. The molecule has 7 heteroatoms. The van der Waals surface area contributed by atoms with Crippen LogP contribution in [0.2, 0.25) is 0 Å². The molecule has 0 atom stereocenters. The second-order valence-electron chi connectivity index (χ2n) is 4.87. The van der Waals surface area contributed by atoms with E-state index in [1.807, 2.05) is 0 Å². The molecule has 0 radical (unpaired) electrons. The van der Waals surface area contributed by atoms with E-state index >= 15 is 0 Å². The predicted octanol–water partition coefficient (Wildman–Crippen LogP) is 3.86. The summed E-state index contributed by atoms with van der Waals surface area (Å²) in [6.07, 6.45) is 2.06. The first-order valence-electron chi connectivity index (χ1n) is 7.07. The smallest absolute Gasteiger partial charge is 0.271 e. The van der Waals surface area contributed by atoms with Crippen molar-refractivity contribution < 1.29 is 4.92 Å². The molecule has 1 aromatic carbocycles. The topological polar surface area (TPSA) is 75.1 Å². The monoisotopic (exact) mass is 354 g/mol. The highest BCUT2D eigenvalue weighted by Gasteiger charge is 2.19. The number of aromatic nitrogens is 2. The molecule has 0 spiro atoms. The number of benzene rings is 1. The van der Waals surface area contributed by atoms with Gasteiger partial charge in [0.25, 0.3) is 5.69 Å². The lowest BCUT2D eigenvalue weighted by atomic mass is 10.1. The molecule has 1 heterocycles. The molecule has 0 aliphatic carbocycles. The van der Waals surface area contributed by atoms with Crippen LogP contribution in [0.1, 0.15) is 26.7 Å². The maximum absolute atomic E-state index is 10.8. The zero-order valence-corrected chi connectivity index (χ0v) is 13.8. The van der Waals surface area contributed by atoms with Gasteiger partial charge in [-0.15, -0.1) is 0 Å². The van der Waals surface area contributed by atoms with Crippen molar-refractivity contribution in [2.45, 2.75) is 32.7 Å². The number of nitrogens with zero attached hydrogens (tertiary/aromatic N) is 3. The van der Waals surface area contributed by atoms with Crippen LogP contribution in [-0.4, -0.2) is 32.8 Å². The van der Waals surface area contributed by atoms with Crippen LogP contribution in [0.5, 0.6) is 0 Å². The van der Waals surface area contributed by atoms with E-state index in [1.165, 1.54) is 12.1 Å². The summed E-state index contributed by atoms with van der Waals surface area (Å²) in [6.45, 7) is 5.15. The fourth-order valence-corrected chi connectivity index (χ4v) is 2.90. The SMILES string of the molecule is CCC(CC)N(CCBr)c1nc2ccc([N+](=O)[O-])cc2[nH]1. The summed E-state index contributed by atoms with van der Waals surface area (Å²) in [7, 11) is 0. The number of nitro groups is 1. The average molecular weight is 355 g/mol. The van der Waals surface area contributed by atoms with E-state index in [-0.39, 0.29) is 5.69 Å². The van der Waals surface area contributed by atoms with Crippen molar-refractivity contribution in [1.82, 2.24) is 9.97 Å². The highest BCUT2D eigenvalue weighted by Crippen LogP contribution is 2.24. The number of halogens is 1. The Morgan fingerprint density at radius 1 is 1.43 bits per heavy atom. The Morgan fingerprint density at radius 3 is 2.71 bits per heavy atom. The van der Waals surface area contributed by atoms with E-state index in [9.17, 15) is 10.1 Å². The van der Waals surface area contributed by atoms with Crippen molar-refractivity contribution in [2.75, 3.05) is 16.8 Å². The number of non-ortho nitro benzene ring substituents is 1. The van der Waals surface area contributed by atoms with Gasteiger partial charge in [-0.3, -0.25) is 10.1 Å². The van der Waals surface area contributed by atoms with E-state index < -0.39 is 4.92 Å². The third kappa shape index (κ3) is 3.34. The van der Waals surface area contributed by atoms with Crippen molar-refractivity contribution in [3.63, 3.8) is 0 Å². The number of nitro benzene ring substituents is 1. The van der Waals surface area contributed by atoms with Gasteiger partial charge in [-0.2, -0.15) is 0 Å². The largest absolute Gasteiger partial charge is 0.339 e. The van der Waals surface area contributed by atoms with E-state index in [2.05, 4.69) is 44.6 Å². The van der Waals surface area contributed by atoms with Crippen molar-refractivity contribution in [3.8, 4) is 0 Å². The van der Waals surface area contributed by atoms with Gasteiger partial charge in [-0.25, -0.2) is 4.98 Å². The molecule has 0 bridgehead atoms. The predicted molar refractivity (Wildman–Crippen MR) is 88.3 cm³/mol. The molecule has 0 fully saturated rings. The summed E-state index contributed by atoms with van der Waals surface area (Å²) >= 11 is 3.48. The van der Waals surface area contributed by atoms with Crippen LogP contribution in [0.4, 0.5) is 11.6 Å². The van der Waals surface area contributed by atoms with Gasteiger partial charge in [-0.1, -0.05) is 29.8 Å². The molecular weight excluding hydrogens is 336 g/mol. The number of fused-ring (bicyclic) bond motifs is 1. The third-order valence-corrected chi connectivity index (χ3v) is 4.00. The summed E-state index contributed by atoms with van der Waals surface area (Å²) in [5, 5.41) is 11.7. The number of alkyl halides is 1. The second kappa shape index (κ2) is 6.89. The van der Waals surface area contributed by atoms with Crippen LogP contribution in [0, 0.1) is 10.1 Å². The lowest BCUT2D eigenvalue weighted by molar-refractivity contribution is -0.384. The Balaban J connectivity index is 2.41. The van der Waals surface area contributed by atoms with Crippen molar-refractivity contribution in [2.24, 2.45) is 0 Å². The maximum atomic E-state index is 10.8. The highest BCUT2D eigenvalue weighted by atomic mass is 79.9. The zero-order chi connectivity index (χ0) is 15.4. The molecule has 0 amide bonds. The maximum Gasteiger partial charge on any atom is 0.271 e. The van der Waals surface area contributed by atoms with Gasteiger partial charge in [-0.05, 0) is 18.9 Å². The molecule has 1 N–H and O–H groups in total. The highest BCUT2D eigenvalue weighted by molar-refractivity contribution is 9.09. The minimum absolute atomic E-state index is 0.0762. The van der Waals surface area contributed by atoms with E-state index in [4.69, 9.17) is 0 Å². The van der Waals surface area contributed by atoms with Crippen LogP contribution >= 0.6 is 15.9 Å². The summed E-state index contributed by atoms with van der Waals surface area (Å²) in [5.41, 5.74) is 1.53. The molecule has 2 rings (SSSR count). The van der Waals surface area contributed by atoms with Crippen molar-refractivity contribution >= 4 is 38.6 Å². The number of hydrogen-bond donors (Lipinski definition) is 1. The lowest BCUT2D eigenvalue weighted by Crippen LogP contribution is -2.36. The number of rotatable bonds is 7. The van der Waals surface area contributed by atoms with Crippen molar-refractivity contribution in [3.05, 3.63) is 28.3 Å². The molecule has 21 heavy (non-hydrogen) atoms. The van der Waals surface area contributed by atoms with Gasteiger partial charge in [0.1, 0.15) is 0 Å². The normalized spacial score (nSPS) is 11.2.